The van der Waals surface area contributed by atoms with Gasteiger partial charge < -0.3 is 0 Å². The first-order valence-electron chi connectivity index (χ1n) is 8.13. The van der Waals surface area contributed by atoms with Crippen LogP contribution in [0.3, 0.4) is 0 Å². The van der Waals surface area contributed by atoms with Crippen LogP contribution in [0.15, 0.2) is 71.5 Å². The van der Waals surface area contributed by atoms with E-state index in [-0.39, 0.29) is 11.4 Å². The van der Waals surface area contributed by atoms with E-state index in [1.54, 1.807) is 47.6 Å². The molecule has 0 radical (unpaired) electrons. The van der Waals surface area contributed by atoms with Crippen LogP contribution in [-0.4, -0.2) is 15.9 Å². The van der Waals surface area contributed by atoms with Crippen molar-refractivity contribution in [2.75, 3.05) is 4.90 Å². The number of anilines is 1. The van der Waals surface area contributed by atoms with Gasteiger partial charge in [-0.2, -0.15) is 0 Å². The molecule has 0 N–H and O–H groups in total. The highest BCUT2D eigenvalue weighted by atomic mass is 79.9. The van der Waals surface area contributed by atoms with Gasteiger partial charge in [0.05, 0.1) is 11.2 Å². The number of benzene rings is 2. The number of thiazole rings is 1. The van der Waals surface area contributed by atoms with Gasteiger partial charge in [-0.05, 0) is 42.0 Å². The highest BCUT2D eigenvalue weighted by Crippen LogP contribution is 2.32. The predicted molar refractivity (Wildman–Crippen MR) is 108 cm³/mol. The van der Waals surface area contributed by atoms with Crippen LogP contribution in [0.4, 0.5) is 9.52 Å². The fourth-order valence-corrected chi connectivity index (χ4v) is 4.07. The Morgan fingerprint density at radius 2 is 2.00 bits per heavy atom. The summed E-state index contributed by atoms with van der Waals surface area (Å²) < 4.78 is 15.6. The third-order valence-electron chi connectivity index (χ3n) is 3.97. The van der Waals surface area contributed by atoms with Crippen LogP contribution < -0.4 is 4.90 Å². The lowest BCUT2D eigenvalue weighted by Crippen LogP contribution is -2.30. The zero-order valence-electron chi connectivity index (χ0n) is 14.0. The van der Waals surface area contributed by atoms with Gasteiger partial charge in [0.15, 0.2) is 5.13 Å². The van der Waals surface area contributed by atoms with Crippen LogP contribution in [0, 0.1) is 5.82 Å². The van der Waals surface area contributed by atoms with Gasteiger partial charge in [-0.15, -0.1) is 0 Å². The number of fused-ring (bicyclic) bond motifs is 1. The summed E-state index contributed by atoms with van der Waals surface area (Å²) in [5, 5.41) is 0.448. The Hall–Kier alpha value is -2.64. The van der Waals surface area contributed by atoms with E-state index in [1.165, 1.54) is 17.4 Å². The molecule has 0 fully saturated rings. The minimum atomic E-state index is -0.397. The molecule has 134 valence electrons. The normalized spacial score (nSPS) is 10.9. The number of hydrogen-bond donors (Lipinski definition) is 0. The standard InChI is InChI=1S/C20H13BrFN3OS/c21-15-6-1-5-14(10-15)19(26)25(12-13-4-3-9-23-11-13)20-24-18-16(22)7-2-8-17(18)27-20/h1-11H,12H2. The minimum absolute atomic E-state index is 0.209. The van der Waals surface area contributed by atoms with Crippen molar-refractivity contribution in [3.8, 4) is 0 Å². The van der Waals surface area contributed by atoms with E-state index in [9.17, 15) is 9.18 Å². The fourth-order valence-electron chi connectivity index (χ4n) is 2.70. The van der Waals surface area contributed by atoms with Crippen molar-refractivity contribution < 1.29 is 9.18 Å². The predicted octanol–water partition coefficient (Wildman–Crippen LogP) is 5.44. The third kappa shape index (κ3) is 3.74. The van der Waals surface area contributed by atoms with Crippen molar-refractivity contribution in [1.29, 1.82) is 0 Å². The Balaban J connectivity index is 1.79. The Morgan fingerprint density at radius 3 is 2.74 bits per heavy atom. The third-order valence-corrected chi connectivity index (χ3v) is 5.51. The first-order valence-corrected chi connectivity index (χ1v) is 9.74. The number of amides is 1. The van der Waals surface area contributed by atoms with E-state index < -0.39 is 5.82 Å². The molecule has 7 heteroatoms. The van der Waals surface area contributed by atoms with Crippen molar-refractivity contribution in [2.45, 2.75) is 6.54 Å². The highest BCUT2D eigenvalue weighted by molar-refractivity contribution is 9.10. The molecule has 0 saturated carbocycles. The van der Waals surface area contributed by atoms with E-state index in [0.29, 0.717) is 21.9 Å². The molecule has 0 bridgehead atoms. The first-order chi connectivity index (χ1) is 13.1. The number of nitrogens with zero attached hydrogens (tertiary/aromatic N) is 3. The summed E-state index contributed by atoms with van der Waals surface area (Å²) in [6, 6.07) is 15.7. The summed E-state index contributed by atoms with van der Waals surface area (Å²) in [4.78, 5) is 23.3. The molecule has 4 aromatic rings. The minimum Gasteiger partial charge on any atom is -0.279 e. The van der Waals surface area contributed by atoms with E-state index in [1.807, 2.05) is 18.2 Å². The topological polar surface area (TPSA) is 46.1 Å². The molecule has 0 spiro atoms. The Morgan fingerprint density at radius 1 is 1.15 bits per heavy atom. The maximum atomic E-state index is 14.1. The number of halogens is 2. The lowest BCUT2D eigenvalue weighted by Gasteiger charge is -2.20. The quantitative estimate of drug-likeness (QED) is 0.423. The second-order valence-corrected chi connectivity index (χ2v) is 7.77. The SMILES string of the molecule is O=C(c1cccc(Br)c1)N(Cc1cccnc1)c1nc2c(F)cccc2s1. The van der Waals surface area contributed by atoms with E-state index >= 15 is 0 Å². The Kier molecular flexibility index (Phi) is 4.96. The highest BCUT2D eigenvalue weighted by Gasteiger charge is 2.22. The van der Waals surface area contributed by atoms with Crippen LogP contribution in [-0.2, 0) is 6.54 Å². The van der Waals surface area contributed by atoms with Crippen LogP contribution in [0.2, 0.25) is 0 Å². The molecule has 0 aliphatic carbocycles. The summed E-state index contributed by atoms with van der Waals surface area (Å²) in [5.41, 5.74) is 1.66. The summed E-state index contributed by atoms with van der Waals surface area (Å²) in [6.07, 6.45) is 3.38. The van der Waals surface area contributed by atoms with E-state index in [0.717, 1.165) is 10.0 Å². The summed E-state index contributed by atoms with van der Waals surface area (Å²) >= 11 is 4.68. The molecular weight excluding hydrogens is 429 g/mol. The molecule has 0 atom stereocenters. The van der Waals surface area contributed by atoms with Gasteiger partial charge in [0, 0.05) is 22.4 Å². The van der Waals surface area contributed by atoms with E-state index in [4.69, 9.17) is 0 Å². The molecule has 4 nitrogen and oxygen atoms in total. The van der Waals surface area contributed by atoms with Crippen molar-refractivity contribution >= 4 is 48.5 Å². The van der Waals surface area contributed by atoms with Crippen molar-refractivity contribution in [3.05, 3.63) is 88.4 Å². The van der Waals surface area contributed by atoms with Crippen LogP contribution in [0.5, 0.6) is 0 Å². The second-order valence-electron chi connectivity index (χ2n) is 5.85. The Labute approximate surface area is 167 Å². The molecule has 2 heterocycles. The van der Waals surface area contributed by atoms with Gasteiger partial charge in [-0.1, -0.05) is 45.5 Å². The van der Waals surface area contributed by atoms with Gasteiger partial charge in [0.25, 0.3) is 5.91 Å². The lowest BCUT2D eigenvalue weighted by molar-refractivity contribution is 0.0985. The smallest absolute Gasteiger partial charge is 0.260 e. The number of rotatable bonds is 4. The van der Waals surface area contributed by atoms with E-state index in [2.05, 4.69) is 25.9 Å². The van der Waals surface area contributed by atoms with Gasteiger partial charge in [0.1, 0.15) is 11.3 Å². The van der Waals surface area contributed by atoms with Crippen molar-refractivity contribution in [1.82, 2.24) is 9.97 Å². The molecule has 4 rings (SSSR count). The Bertz CT molecular complexity index is 1120. The van der Waals surface area contributed by atoms with Crippen LogP contribution in [0.25, 0.3) is 10.2 Å². The molecule has 0 saturated heterocycles. The largest absolute Gasteiger partial charge is 0.279 e. The number of pyridine rings is 1. The maximum Gasteiger partial charge on any atom is 0.260 e. The average molecular weight is 442 g/mol. The van der Waals surface area contributed by atoms with Gasteiger partial charge in [0.2, 0.25) is 0 Å². The van der Waals surface area contributed by atoms with Crippen molar-refractivity contribution in [2.24, 2.45) is 0 Å². The number of aromatic nitrogens is 2. The molecule has 0 aliphatic heterocycles. The van der Waals surface area contributed by atoms with Crippen LogP contribution in [0.1, 0.15) is 15.9 Å². The zero-order chi connectivity index (χ0) is 18.8. The first kappa shape index (κ1) is 17.8. The van der Waals surface area contributed by atoms with Gasteiger partial charge >= 0.3 is 0 Å². The number of hydrogen-bond acceptors (Lipinski definition) is 4. The monoisotopic (exact) mass is 441 g/mol. The molecule has 2 aromatic carbocycles. The number of carbonyl (C=O) groups excluding carboxylic acids is 1. The molecular formula is C20H13BrFN3OS. The number of carbonyl (C=O) groups is 1. The van der Waals surface area contributed by atoms with Gasteiger partial charge in [-0.3, -0.25) is 14.7 Å². The molecule has 27 heavy (non-hydrogen) atoms. The van der Waals surface area contributed by atoms with Gasteiger partial charge in [-0.25, -0.2) is 9.37 Å². The van der Waals surface area contributed by atoms with Crippen LogP contribution >= 0.6 is 27.3 Å². The molecule has 0 aliphatic rings. The molecule has 0 unspecified atom stereocenters. The lowest BCUT2D eigenvalue weighted by atomic mass is 10.2. The summed E-state index contributed by atoms with van der Waals surface area (Å²) in [5.74, 6) is -0.606. The second kappa shape index (κ2) is 7.54. The van der Waals surface area contributed by atoms with Crippen molar-refractivity contribution in [3.63, 3.8) is 0 Å². The fraction of sp³-hybridized carbons (Fsp3) is 0.0500. The zero-order valence-corrected chi connectivity index (χ0v) is 16.4. The summed E-state index contributed by atoms with van der Waals surface area (Å²) in [6.45, 7) is 0.292. The summed E-state index contributed by atoms with van der Waals surface area (Å²) in [7, 11) is 0. The average Bonchev–Trinajstić information content (AvgIpc) is 3.12. The molecule has 1 amide bonds. The maximum absolute atomic E-state index is 14.1. The number of para-hydroxylation sites is 1. The molecule has 2 aromatic heterocycles.